The number of nitrogens with one attached hydrogen (secondary N) is 1. The van der Waals surface area contributed by atoms with Crippen LogP contribution in [0, 0.1) is 0 Å². The predicted molar refractivity (Wildman–Crippen MR) is 53.0 cm³/mol. The molecular weight excluding hydrogens is 162 g/mol. The number of ether oxygens (including phenoxy) is 1. The van der Waals surface area contributed by atoms with E-state index in [9.17, 15) is 0 Å². The van der Waals surface area contributed by atoms with Gasteiger partial charge in [-0.05, 0) is 25.5 Å². The van der Waals surface area contributed by atoms with Gasteiger partial charge in [-0.25, -0.2) is 0 Å². The average molecular weight is 177 g/mol. The molecule has 1 N–H and O–H groups in total. The summed E-state index contributed by atoms with van der Waals surface area (Å²) in [7, 11) is 1.73. The van der Waals surface area contributed by atoms with Crippen molar-refractivity contribution in [2.45, 2.75) is 18.9 Å². The van der Waals surface area contributed by atoms with Crippen molar-refractivity contribution in [1.82, 2.24) is 5.32 Å². The molecule has 2 heteroatoms. The second-order valence-corrected chi connectivity index (χ2v) is 3.39. The van der Waals surface area contributed by atoms with Crippen LogP contribution in [-0.2, 0) is 0 Å². The van der Waals surface area contributed by atoms with E-state index in [0.29, 0.717) is 6.04 Å². The Balaban J connectivity index is 2.26. The number of benzene rings is 1. The second kappa shape index (κ2) is 3.79. The van der Waals surface area contributed by atoms with E-state index >= 15 is 0 Å². The zero-order valence-corrected chi connectivity index (χ0v) is 7.92. The summed E-state index contributed by atoms with van der Waals surface area (Å²) < 4.78 is 5.32. The van der Waals surface area contributed by atoms with Gasteiger partial charge in [-0.2, -0.15) is 0 Å². The minimum Gasteiger partial charge on any atom is -0.496 e. The third kappa shape index (κ3) is 1.68. The van der Waals surface area contributed by atoms with Crippen LogP contribution < -0.4 is 10.1 Å². The van der Waals surface area contributed by atoms with Crippen molar-refractivity contribution in [3.63, 3.8) is 0 Å². The van der Waals surface area contributed by atoms with E-state index < -0.39 is 0 Å². The van der Waals surface area contributed by atoms with Crippen LogP contribution in [0.15, 0.2) is 24.3 Å². The van der Waals surface area contributed by atoms with Crippen LogP contribution in [-0.4, -0.2) is 13.7 Å². The summed E-state index contributed by atoms with van der Waals surface area (Å²) in [5, 5.41) is 3.47. The smallest absolute Gasteiger partial charge is 0.123 e. The van der Waals surface area contributed by atoms with Gasteiger partial charge in [0.15, 0.2) is 0 Å². The Morgan fingerprint density at radius 2 is 2.23 bits per heavy atom. The molecule has 1 aromatic rings. The maximum absolute atomic E-state index is 5.32. The van der Waals surface area contributed by atoms with Gasteiger partial charge in [-0.3, -0.25) is 0 Å². The Morgan fingerprint density at radius 3 is 2.92 bits per heavy atom. The second-order valence-electron chi connectivity index (χ2n) is 3.39. The molecule has 70 valence electrons. The lowest BCUT2D eigenvalue weighted by Crippen LogP contribution is -2.13. The van der Waals surface area contributed by atoms with Crippen molar-refractivity contribution in [1.29, 1.82) is 0 Å². The monoisotopic (exact) mass is 177 g/mol. The average Bonchev–Trinajstić information content (AvgIpc) is 2.70. The molecule has 1 heterocycles. The van der Waals surface area contributed by atoms with E-state index in [2.05, 4.69) is 17.4 Å². The molecule has 13 heavy (non-hydrogen) atoms. The van der Waals surface area contributed by atoms with Gasteiger partial charge in [0.2, 0.25) is 0 Å². The molecule has 0 bridgehead atoms. The Labute approximate surface area is 78.9 Å². The normalized spacial score (nSPS) is 21.8. The quantitative estimate of drug-likeness (QED) is 0.747. The molecule has 0 radical (unpaired) electrons. The maximum Gasteiger partial charge on any atom is 0.123 e. The van der Waals surface area contributed by atoms with Crippen molar-refractivity contribution in [3.8, 4) is 5.75 Å². The number of hydrogen-bond acceptors (Lipinski definition) is 2. The van der Waals surface area contributed by atoms with Gasteiger partial charge in [-0.15, -0.1) is 0 Å². The number of hydrogen-bond donors (Lipinski definition) is 1. The summed E-state index contributed by atoms with van der Waals surface area (Å²) in [6.45, 7) is 1.13. The van der Waals surface area contributed by atoms with E-state index in [0.717, 1.165) is 12.3 Å². The molecule has 0 amide bonds. The zero-order chi connectivity index (χ0) is 9.10. The fourth-order valence-corrected chi connectivity index (χ4v) is 1.90. The van der Waals surface area contributed by atoms with E-state index in [1.165, 1.54) is 18.4 Å². The fraction of sp³-hybridized carbons (Fsp3) is 0.455. The Morgan fingerprint density at radius 1 is 1.38 bits per heavy atom. The van der Waals surface area contributed by atoms with Crippen molar-refractivity contribution < 1.29 is 4.74 Å². The van der Waals surface area contributed by atoms with Crippen molar-refractivity contribution in [2.75, 3.05) is 13.7 Å². The summed E-state index contributed by atoms with van der Waals surface area (Å²) in [5.41, 5.74) is 1.29. The summed E-state index contributed by atoms with van der Waals surface area (Å²) in [6.07, 6.45) is 2.49. The molecular formula is C11H15NO. The molecule has 2 nitrogen and oxygen atoms in total. The van der Waals surface area contributed by atoms with Crippen LogP contribution in [0.1, 0.15) is 24.4 Å². The number of methoxy groups -OCH3 is 1. The minimum atomic E-state index is 0.496. The first-order valence-corrected chi connectivity index (χ1v) is 4.78. The van der Waals surface area contributed by atoms with Gasteiger partial charge < -0.3 is 10.1 Å². The highest BCUT2D eigenvalue weighted by Crippen LogP contribution is 2.30. The molecule has 1 aromatic carbocycles. The summed E-state index contributed by atoms with van der Waals surface area (Å²) in [5.74, 6) is 1.00. The molecule has 0 unspecified atom stereocenters. The summed E-state index contributed by atoms with van der Waals surface area (Å²) in [6, 6.07) is 8.74. The van der Waals surface area contributed by atoms with Gasteiger partial charge in [0.1, 0.15) is 5.75 Å². The van der Waals surface area contributed by atoms with Gasteiger partial charge in [0, 0.05) is 11.6 Å². The topological polar surface area (TPSA) is 21.3 Å². The lowest BCUT2D eigenvalue weighted by Gasteiger charge is -2.14. The lowest BCUT2D eigenvalue weighted by atomic mass is 10.0. The third-order valence-electron chi connectivity index (χ3n) is 2.57. The van der Waals surface area contributed by atoms with Crippen molar-refractivity contribution >= 4 is 0 Å². The van der Waals surface area contributed by atoms with Crippen LogP contribution >= 0.6 is 0 Å². The molecule has 0 spiro atoms. The van der Waals surface area contributed by atoms with Crippen molar-refractivity contribution in [2.24, 2.45) is 0 Å². The third-order valence-corrected chi connectivity index (χ3v) is 2.57. The van der Waals surface area contributed by atoms with E-state index in [1.807, 2.05) is 12.1 Å². The molecule has 1 aliphatic heterocycles. The number of para-hydroxylation sites is 1. The zero-order valence-electron chi connectivity index (χ0n) is 7.92. The molecule has 1 aliphatic rings. The predicted octanol–water partition coefficient (Wildman–Crippen LogP) is 2.12. The highest BCUT2D eigenvalue weighted by molar-refractivity contribution is 5.36. The highest BCUT2D eigenvalue weighted by Gasteiger charge is 2.18. The van der Waals surface area contributed by atoms with Crippen LogP contribution in [0.3, 0.4) is 0 Å². The van der Waals surface area contributed by atoms with Gasteiger partial charge in [-0.1, -0.05) is 18.2 Å². The van der Waals surface area contributed by atoms with Gasteiger partial charge >= 0.3 is 0 Å². The van der Waals surface area contributed by atoms with E-state index in [1.54, 1.807) is 7.11 Å². The molecule has 1 fully saturated rings. The lowest BCUT2D eigenvalue weighted by molar-refractivity contribution is 0.403. The summed E-state index contributed by atoms with van der Waals surface area (Å²) >= 11 is 0. The molecule has 0 aromatic heterocycles. The molecule has 0 saturated carbocycles. The van der Waals surface area contributed by atoms with Crippen LogP contribution in [0.2, 0.25) is 0 Å². The molecule has 0 aliphatic carbocycles. The molecule has 1 atom stereocenters. The standard InChI is InChI=1S/C11H15NO/c1-13-11-7-3-2-5-9(11)10-6-4-8-12-10/h2-3,5,7,10,12H,4,6,8H2,1H3/t10-/m1/s1. The molecule has 1 saturated heterocycles. The van der Waals surface area contributed by atoms with Crippen LogP contribution in [0.4, 0.5) is 0 Å². The fourth-order valence-electron chi connectivity index (χ4n) is 1.90. The molecule has 2 rings (SSSR count). The minimum absolute atomic E-state index is 0.496. The van der Waals surface area contributed by atoms with E-state index in [4.69, 9.17) is 4.74 Å². The first-order valence-electron chi connectivity index (χ1n) is 4.78. The Hall–Kier alpha value is -1.02. The van der Waals surface area contributed by atoms with Gasteiger partial charge in [0.25, 0.3) is 0 Å². The first kappa shape index (κ1) is 8.57. The Bertz CT molecular complexity index is 279. The first-order chi connectivity index (χ1) is 6.42. The van der Waals surface area contributed by atoms with Crippen LogP contribution in [0.25, 0.3) is 0 Å². The highest BCUT2D eigenvalue weighted by atomic mass is 16.5. The summed E-state index contributed by atoms with van der Waals surface area (Å²) in [4.78, 5) is 0. The van der Waals surface area contributed by atoms with Gasteiger partial charge in [0.05, 0.1) is 7.11 Å². The maximum atomic E-state index is 5.32. The van der Waals surface area contributed by atoms with Crippen LogP contribution in [0.5, 0.6) is 5.75 Å². The Kier molecular flexibility index (Phi) is 2.50. The SMILES string of the molecule is COc1ccccc1[C@H]1CCCN1. The van der Waals surface area contributed by atoms with E-state index in [-0.39, 0.29) is 0 Å². The largest absolute Gasteiger partial charge is 0.496 e. The number of rotatable bonds is 2. The van der Waals surface area contributed by atoms with Crippen molar-refractivity contribution in [3.05, 3.63) is 29.8 Å².